The van der Waals surface area contributed by atoms with Crippen molar-refractivity contribution in [3.05, 3.63) is 149 Å². The van der Waals surface area contributed by atoms with E-state index in [1.807, 2.05) is 18.2 Å². The van der Waals surface area contributed by atoms with Gasteiger partial charge in [0.25, 0.3) is 0 Å². The third kappa shape index (κ3) is 3.58. The Labute approximate surface area is 190 Å². The Morgan fingerprint density at radius 1 is 0.455 bits per heavy atom. The summed E-state index contributed by atoms with van der Waals surface area (Å²) in [6.45, 7) is 0. The summed E-state index contributed by atoms with van der Waals surface area (Å²) in [6, 6.07) is 31.7. The Morgan fingerprint density at radius 2 is 0.879 bits per heavy atom. The second kappa shape index (κ2) is 8.52. The summed E-state index contributed by atoms with van der Waals surface area (Å²) in [6.07, 6.45) is 1.72. The number of pyridine rings is 1. The summed E-state index contributed by atoms with van der Waals surface area (Å²) in [7, 11) is 0. The Morgan fingerprint density at radius 3 is 1.39 bits per heavy atom. The smallest absolute Gasteiger partial charge is 0.210 e. The van der Waals surface area contributed by atoms with Crippen LogP contribution in [0.3, 0.4) is 0 Å². The summed E-state index contributed by atoms with van der Waals surface area (Å²) < 4.78 is 1.65. The van der Waals surface area contributed by atoms with Crippen LogP contribution < -0.4 is 0 Å². The van der Waals surface area contributed by atoms with Crippen LogP contribution in [-0.2, 0) is 0 Å². The van der Waals surface area contributed by atoms with E-state index in [9.17, 15) is 14.4 Å². The SMILES string of the molecule is O=C(c1ccccc1)c1c(C(=O)c2ccccc2)c2ccccn2c1C(=O)c1ccccc1. The van der Waals surface area contributed by atoms with Crippen LogP contribution in [0.15, 0.2) is 115 Å². The van der Waals surface area contributed by atoms with Crippen molar-refractivity contribution in [2.75, 3.05) is 0 Å². The molecule has 0 spiro atoms. The van der Waals surface area contributed by atoms with Crippen LogP contribution >= 0.6 is 0 Å². The quantitative estimate of drug-likeness (QED) is 0.329. The maximum absolute atomic E-state index is 13.8. The molecule has 0 saturated heterocycles. The molecular formula is C29H19NO3. The standard InChI is InChI=1S/C29H19NO3/c31-27(20-12-4-1-5-13-20)24-23-18-10-11-19-30(23)26(29(33)22-16-8-3-9-17-22)25(24)28(32)21-14-6-2-7-15-21/h1-19H. The molecule has 0 saturated carbocycles. The molecule has 0 amide bonds. The van der Waals surface area contributed by atoms with Crippen molar-refractivity contribution in [3.63, 3.8) is 0 Å². The average Bonchev–Trinajstić information content (AvgIpc) is 3.24. The zero-order valence-corrected chi connectivity index (χ0v) is 17.6. The highest BCUT2D eigenvalue weighted by molar-refractivity contribution is 6.28. The van der Waals surface area contributed by atoms with Crippen LogP contribution in [0.25, 0.3) is 5.52 Å². The minimum atomic E-state index is -0.363. The van der Waals surface area contributed by atoms with Gasteiger partial charge < -0.3 is 4.40 Å². The molecule has 4 heteroatoms. The van der Waals surface area contributed by atoms with Crippen molar-refractivity contribution in [3.8, 4) is 0 Å². The highest BCUT2D eigenvalue weighted by atomic mass is 16.1. The third-order valence-corrected chi connectivity index (χ3v) is 5.62. The van der Waals surface area contributed by atoms with Crippen molar-refractivity contribution in [2.24, 2.45) is 0 Å². The summed E-state index contributed by atoms with van der Waals surface area (Å²) in [5.41, 5.74) is 2.37. The molecule has 0 radical (unpaired) electrons. The normalized spacial score (nSPS) is 10.8. The lowest BCUT2D eigenvalue weighted by atomic mass is 9.92. The number of carbonyl (C=O) groups is 3. The van der Waals surface area contributed by atoms with Gasteiger partial charge in [0.2, 0.25) is 5.78 Å². The highest BCUT2D eigenvalue weighted by Gasteiger charge is 2.32. The fourth-order valence-corrected chi connectivity index (χ4v) is 4.08. The molecule has 3 aromatic carbocycles. The number of hydrogen-bond acceptors (Lipinski definition) is 3. The molecular weight excluding hydrogens is 410 g/mol. The molecule has 5 rings (SSSR count). The first kappa shape index (κ1) is 20.3. The third-order valence-electron chi connectivity index (χ3n) is 5.62. The molecule has 0 unspecified atom stereocenters. The van der Waals surface area contributed by atoms with Gasteiger partial charge in [-0.25, -0.2) is 0 Å². The van der Waals surface area contributed by atoms with Crippen LogP contribution in [0.5, 0.6) is 0 Å². The first-order valence-electron chi connectivity index (χ1n) is 10.6. The number of benzene rings is 3. The predicted molar refractivity (Wildman–Crippen MR) is 127 cm³/mol. The maximum atomic E-state index is 13.8. The molecule has 4 nitrogen and oxygen atoms in total. The van der Waals surface area contributed by atoms with Crippen molar-refractivity contribution >= 4 is 22.9 Å². The first-order chi connectivity index (χ1) is 16.2. The number of ketones is 3. The van der Waals surface area contributed by atoms with Crippen LogP contribution in [-0.4, -0.2) is 21.8 Å². The topological polar surface area (TPSA) is 55.6 Å². The van der Waals surface area contributed by atoms with E-state index in [2.05, 4.69) is 0 Å². The molecule has 0 atom stereocenters. The Bertz CT molecular complexity index is 1400. The Balaban J connectivity index is 1.85. The molecule has 5 aromatic rings. The molecule has 0 N–H and O–H groups in total. The van der Waals surface area contributed by atoms with Gasteiger partial charge in [0, 0.05) is 22.9 Å². The van der Waals surface area contributed by atoms with E-state index in [0.717, 1.165) is 0 Å². The van der Waals surface area contributed by atoms with Gasteiger partial charge in [0.1, 0.15) is 5.69 Å². The lowest BCUT2D eigenvalue weighted by Crippen LogP contribution is -2.15. The van der Waals surface area contributed by atoms with Crippen LogP contribution in [0.4, 0.5) is 0 Å². The van der Waals surface area contributed by atoms with E-state index in [0.29, 0.717) is 22.2 Å². The van der Waals surface area contributed by atoms with Crippen LogP contribution in [0.2, 0.25) is 0 Å². The number of fused-ring (bicyclic) bond motifs is 1. The first-order valence-corrected chi connectivity index (χ1v) is 10.6. The minimum absolute atomic E-state index is 0.120. The molecule has 158 valence electrons. The van der Waals surface area contributed by atoms with Gasteiger partial charge in [0.05, 0.1) is 16.6 Å². The maximum Gasteiger partial charge on any atom is 0.210 e. The molecule has 0 bridgehead atoms. The zero-order chi connectivity index (χ0) is 22.8. The van der Waals surface area contributed by atoms with Gasteiger partial charge in [-0.1, -0.05) is 97.1 Å². The van der Waals surface area contributed by atoms with Crippen molar-refractivity contribution in [1.29, 1.82) is 0 Å². The van der Waals surface area contributed by atoms with Crippen LogP contribution in [0, 0.1) is 0 Å². The number of aromatic nitrogens is 1. The van der Waals surface area contributed by atoms with E-state index >= 15 is 0 Å². The van der Waals surface area contributed by atoms with Crippen molar-refractivity contribution in [1.82, 2.24) is 4.40 Å². The van der Waals surface area contributed by atoms with E-state index in [4.69, 9.17) is 0 Å². The fourth-order valence-electron chi connectivity index (χ4n) is 4.08. The molecule has 0 aliphatic carbocycles. The second-order valence-electron chi connectivity index (χ2n) is 7.64. The van der Waals surface area contributed by atoms with Crippen LogP contribution in [0.1, 0.15) is 47.9 Å². The van der Waals surface area contributed by atoms with E-state index in [1.165, 1.54) is 0 Å². The van der Waals surface area contributed by atoms with Gasteiger partial charge in [-0.3, -0.25) is 14.4 Å². The number of carbonyl (C=O) groups excluding carboxylic acids is 3. The number of hydrogen-bond donors (Lipinski definition) is 0. The zero-order valence-electron chi connectivity index (χ0n) is 17.6. The molecule has 2 aromatic heterocycles. The molecule has 0 aliphatic heterocycles. The van der Waals surface area contributed by atoms with Crippen molar-refractivity contribution < 1.29 is 14.4 Å². The summed E-state index contributed by atoms with van der Waals surface area (Å²) >= 11 is 0. The second-order valence-corrected chi connectivity index (χ2v) is 7.64. The Kier molecular flexibility index (Phi) is 5.25. The van der Waals surface area contributed by atoms with Gasteiger partial charge >= 0.3 is 0 Å². The molecule has 0 aliphatic rings. The summed E-state index contributed by atoms with van der Waals surface area (Å²) in [4.78, 5) is 41.2. The Hall–Kier alpha value is -4.57. The van der Waals surface area contributed by atoms with Gasteiger partial charge in [-0.05, 0) is 12.1 Å². The molecule has 33 heavy (non-hydrogen) atoms. The lowest BCUT2D eigenvalue weighted by molar-refractivity contribution is 0.0991. The summed E-state index contributed by atoms with van der Waals surface area (Å²) in [5, 5.41) is 0. The van der Waals surface area contributed by atoms with Gasteiger partial charge in [0.15, 0.2) is 11.6 Å². The molecule has 2 heterocycles. The van der Waals surface area contributed by atoms with Gasteiger partial charge in [-0.15, -0.1) is 0 Å². The summed E-state index contributed by atoms with van der Waals surface area (Å²) in [5.74, 6) is -0.980. The number of rotatable bonds is 6. The van der Waals surface area contributed by atoms with E-state index in [-0.39, 0.29) is 34.2 Å². The highest BCUT2D eigenvalue weighted by Crippen LogP contribution is 2.30. The predicted octanol–water partition coefficient (Wildman–Crippen LogP) is 5.63. The number of nitrogens with zero attached hydrogens (tertiary/aromatic N) is 1. The fraction of sp³-hybridized carbons (Fsp3) is 0. The van der Waals surface area contributed by atoms with E-state index < -0.39 is 0 Å². The minimum Gasteiger partial charge on any atom is -0.312 e. The van der Waals surface area contributed by atoms with E-state index in [1.54, 1.807) is 102 Å². The van der Waals surface area contributed by atoms with Gasteiger partial charge in [-0.2, -0.15) is 0 Å². The monoisotopic (exact) mass is 429 g/mol. The largest absolute Gasteiger partial charge is 0.312 e. The average molecular weight is 429 g/mol. The molecule has 0 fully saturated rings. The lowest BCUT2D eigenvalue weighted by Gasteiger charge is -2.08. The van der Waals surface area contributed by atoms with Crippen molar-refractivity contribution in [2.45, 2.75) is 0 Å².